The summed E-state index contributed by atoms with van der Waals surface area (Å²) in [7, 11) is 0. The van der Waals surface area contributed by atoms with Gasteiger partial charge in [-0.2, -0.15) is 0 Å². The van der Waals surface area contributed by atoms with Crippen LogP contribution in [0.4, 0.5) is 0 Å². The fraction of sp³-hybridized carbons (Fsp3) is 0.306. The molecule has 14 rings (SSSR count). The molecule has 1 saturated heterocycles. The zero-order valence-corrected chi connectivity index (χ0v) is 55.6. The van der Waals surface area contributed by atoms with Gasteiger partial charge in [0.05, 0.1) is 10.0 Å². The quantitative estimate of drug-likeness (QED) is 0.0615. The van der Waals surface area contributed by atoms with Crippen LogP contribution in [-0.4, -0.2) is 131 Å². The fourth-order valence-corrected chi connectivity index (χ4v) is 13.4. The van der Waals surface area contributed by atoms with Gasteiger partial charge in [-0.1, -0.05) is 92.9 Å². The number of aliphatic hydroxyl groups is 1. The maximum atomic E-state index is 16.0. The number of rotatable bonds is 9. The average Bonchev–Trinajstić information content (AvgIpc) is 0.764. The number of halogens is 2. The van der Waals surface area contributed by atoms with Gasteiger partial charge in [0, 0.05) is 62.3 Å². The predicted octanol–water partition coefficient (Wildman–Crippen LogP) is 7.71. The van der Waals surface area contributed by atoms with Crippen molar-refractivity contribution in [3.05, 3.63) is 164 Å². The third-order valence-corrected chi connectivity index (χ3v) is 19.0. The van der Waals surface area contributed by atoms with E-state index < -0.39 is 136 Å². The van der Waals surface area contributed by atoms with E-state index in [0.717, 1.165) is 87.1 Å². The standard InChI is InChI=1S/C72H71Cl2N9O18/c1-2-3-4-5-6-7-8-9-56(89)82-18-20-83(21-19-82)72(98)62-44-32-41(85)33-50(88)57(44)43-26-36(12-14-48(43)86)59-68(94)81-63(71(97)80-62)64(90)37-13-17-52(46(74)27-37)101-55-30-39-29-54(65(55)91)100-51-16-10-34(22-45(51)73)23-47-66(92)77-60(69(95)79-61(39)70(96)78-59)38-24-40(84)31-42(25-38)99-53-28-35(11-15-49(53)87)58(75)67(93)76-47/h10-17,22,24-33,47,58-64,84-88,90-91H,2-9,18-21,23,75H2,1H3,(H,76,93)(H,77,92)(H,78,96)(H,79,95)(H,80,97)(H,81,94)/t47-,58-,59-,60+,61-,62+,63+,64-/m1/s1. The Morgan fingerprint density at radius 3 is 1.76 bits per heavy atom. The Kier molecular flexibility index (Phi) is 20.4. The number of benzene rings is 7. The van der Waals surface area contributed by atoms with Crippen molar-refractivity contribution in [3.8, 4) is 80.1 Å². The number of nitrogens with two attached hydrogens (primary N) is 1. The number of fused-ring (bicyclic) bond motifs is 14. The molecule has 7 aliphatic heterocycles. The molecule has 101 heavy (non-hydrogen) atoms. The molecule has 8 amide bonds. The van der Waals surface area contributed by atoms with Crippen molar-refractivity contribution in [1.82, 2.24) is 41.7 Å². The van der Waals surface area contributed by atoms with Crippen molar-refractivity contribution in [3.63, 3.8) is 0 Å². The number of amides is 8. The van der Waals surface area contributed by atoms with Crippen LogP contribution in [0.2, 0.25) is 10.0 Å². The zero-order chi connectivity index (χ0) is 71.7. The van der Waals surface area contributed by atoms with Crippen LogP contribution >= 0.6 is 23.2 Å². The van der Waals surface area contributed by atoms with Crippen LogP contribution in [0.5, 0.6) is 69.0 Å². The molecular weight excluding hydrogens is 1350 g/mol. The van der Waals surface area contributed by atoms with E-state index in [-0.39, 0.29) is 116 Å². The Morgan fingerprint density at radius 1 is 0.505 bits per heavy atom. The molecule has 17 bridgehead atoms. The van der Waals surface area contributed by atoms with Crippen LogP contribution in [0.3, 0.4) is 0 Å². The van der Waals surface area contributed by atoms with E-state index in [9.17, 15) is 45.3 Å². The number of aliphatic hydroxyl groups excluding tert-OH is 1. The Labute approximate surface area is 587 Å². The Hall–Kier alpha value is -11.0. The first-order valence-corrected chi connectivity index (χ1v) is 33.5. The second-order valence-electron chi connectivity index (χ2n) is 25.3. The summed E-state index contributed by atoms with van der Waals surface area (Å²) < 4.78 is 18.6. The molecule has 7 aromatic rings. The highest BCUT2D eigenvalue weighted by Crippen LogP contribution is 2.48. The van der Waals surface area contributed by atoms with Gasteiger partial charge < -0.3 is 97.4 Å². The fourth-order valence-electron chi connectivity index (χ4n) is 13.0. The molecule has 0 spiro atoms. The van der Waals surface area contributed by atoms with Crippen molar-refractivity contribution >= 4 is 70.5 Å². The van der Waals surface area contributed by atoms with Gasteiger partial charge in [-0.25, -0.2) is 0 Å². The average molecular weight is 1420 g/mol. The van der Waals surface area contributed by atoms with E-state index in [4.69, 9.17) is 43.1 Å². The lowest BCUT2D eigenvalue weighted by atomic mass is 9.89. The molecule has 7 aliphatic rings. The van der Waals surface area contributed by atoms with Gasteiger partial charge in [-0.15, -0.1) is 0 Å². The summed E-state index contributed by atoms with van der Waals surface area (Å²) in [6.45, 7) is 2.27. The first-order valence-electron chi connectivity index (χ1n) is 32.8. The van der Waals surface area contributed by atoms with E-state index >= 15 is 28.8 Å². The minimum Gasteiger partial charge on any atom is -0.508 e. The zero-order valence-electron chi connectivity index (χ0n) is 54.1. The number of phenols is 6. The molecule has 526 valence electrons. The molecule has 1 fully saturated rings. The summed E-state index contributed by atoms with van der Waals surface area (Å²) >= 11 is 13.9. The summed E-state index contributed by atoms with van der Waals surface area (Å²) in [4.78, 5) is 124. The minimum atomic E-state index is -2.17. The number of aromatic hydroxyl groups is 6. The number of carbonyl (C=O) groups is 8. The number of nitrogens with zero attached hydrogens (tertiary/aromatic N) is 2. The second-order valence-corrected chi connectivity index (χ2v) is 26.2. The van der Waals surface area contributed by atoms with Crippen molar-refractivity contribution in [2.24, 2.45) is 5.73 Å². The van der Waals surface area contributed by atoms with Crippen LogP contribution in [0.25, 0.3) is 11.1 Å². The van der Waals surface area contributed by atoms with Gasteiger partial charge in [0.2, 0.25) is 53.0 Å². The number of hydrogen-bond donors (Lipinski definition) is 14. The molecule has 8 atom stereocenters. The van der Waals surface area contributed by atoms with Gasteiger partial charge >= 0.3 is 0 Å². The lowest BCUT2D eigenvalue weighted by Gasteiger charge is -2.37. The number of piperazine rings is 1. The van der Waals surface area contributed by atoms with Gasteiger partial charge in [0.1, 0.15) is 88.6 Å². The Bertz CT molecular complexity index is 4490. The molecule has 29 heteroatoms. The molecule has 0 saturated carbocycles. The Balaban J connectivity index is 0.992. The van der Waals surface area contributed by atoms with Crippen molar-refractivity contribution in [1.29, 1.82) is 0 Å². The number of hydrogen-bond acceptors (Lipinski definition) is 19. The molecular formula is C72H71Cl2N9O18. The van der Waals surface area contributed by atoms with E-state index in [1.807, 2.05) is 0 Å². The third kappa shape index (κ3) is 15.0. The van der Waals surface area contributed by atoms with Crippen LogP contribution in [0.1, 0.15) is 134 Å². The number of carbonyl (C=O) groups excluding carboxylic acids is 8. The number of nitrogens with one attached hydrogen (secondary N) is 6. The topological polar surface area (TPSA) is 411 Å². The largest absolute Gasteiger partial charge is 0.508 e. The van der Waals surface area contributed by atoms with E-state index in [1.165, 1.54) is 71.6 Å². The summed E-state index contributed by atoms with van der Waals surface area (Å²) in [6, 6.07) is 9.28. The molecule has 15 N–H and O–H groups in total. The summed E-state index contributed by atoms with van der Waals surface area (Å²) in [5.74, 6) is -13.6. The van der Waals surface area contributed by atoms with Gasteiger partial charge in [0.25, 0.3) is 0 Å². The first-order chi connectivity index (χ1) is 48.4. The molecule has 0 unspecified atom stereocenters. The van der Waals surface area contributed by atoms with Crippen LogP contribution in [0.15, 0.2) is 115 Å². The van der Waals surface area contributed by atoms with Gasteiger partial charge in [-0.3, -0.25) is 38.4 Å². The smallest absolute Gasteiger partial charge is 0.249 e. The molecule has 27 nitrogen and oxygen atoms in total. The highest BCUT2D eigenvalue weighted by molar-refractivity contribution is 6.32. The summed E-state index contributed by atoms with van der Waals surface area (Å²) in [5.41, 5.74) is 4.98. The number of unbranched alkanes of at least 4 members (excludes halogenated alkanes) is 6. The van der Waals surface area contributed by atoms with Crippen LogP contribution in [-0.2, 0) is 44.8 Å². The lowest BCUT2D eigenvalue weighted by Crippen LogP contribution is -2.57. The summed E-state index contributed by atoms with van der Waals surface area (Å²) in [5, 5.41) is 97.5. The molecule has 0 aromatic heterocycles. The van der Waals surface area contributed by atoms with E-state index in [1.54, 1.807) is 4.90 Å². The highest BCUT2D eigenvalue weighted by atomic mass is 35.5. The predicted molar refractivity (Wildman–Crippen MR) is 363 cm³/mol. The molecule has 7 aromatic carbocycles. The lowest BCUT2D eigenvalue weighted by molar-refractivity contribution is -0.143. The molecule has 0 aliphatic carbocycles. The van der Waals surface area contributed by atoms with Crippen molar-refractivity contribution in [2.75, 3.05) is 26.2 Å². The van der Waals surface area contributed by atoms with E-state index in [2.05, 4.69) is 38.8 Å². The number of phenolic OH excluding ortho intramolecular Hbond substituents is 6. The maximum Gasteiger partial charge on any atom is 0.249 e. The van der Waals surface area contributed by atoms with Gasteiger partial charge in [0.15, 0.2) is 23.0 Å². The highest BCUT2D eigenvalue weighted by Gasteiger charge is 2.43. The summed E-state index contributed by atoms with van der Waals surface area (Å²) in [6.07, 6.45) is 4.88. The van der Waals surface area contributed by atoms with Crippen LogP contribution < -0.4 is 51.8 Å². The van der Waals surface area contributed by atoms with Crippen molar-refractivity contribution < 1.29 is 88.3 Å². The second kappa shape index (κ2) is 29.4. The third-order valence-electron chi connectivity index (χ3n) is 18.4. The molecule has 7 heterocycles. The molecule has 0 radical (unpaired) electrons. The van der Waals surface area contributed by atoms with E-state index in [0.29, 0.717) is 18.4 Å². The number of ether oxygens (including phenoxy) is 3. The normalized spacial score (nSPS) is 21.4. The monoisotopic (exact) mass is 1420 g/mol. The minimum absolute atomic E-state index is 0.0383. The Morgan fingerprint density at radius 2 is 1.08 bits per heavy atom. The first kappa shape index (κ1) is 69.9. The maximum absolute atomic E-state index is 16.0. The van der Waals surface area contributed by atoms with Crippen LogP contribution in [0, 0.1) is 0 Å². The SMILES string of the molecule is CCCCCCCCCC(=O)N1CCN(C(=O)[C@H]2NC(=O)[C@H]3NC(=O)[C@H](NC(=O)[C@@H]4NC(=O)[C@H]5NC(=O)[C@@H](Cc6ccc(c(Cl)c6)Oc6cc4cc(c6O)Oc4ccc(cc4Cl)[C@H]3O)NC(=O)[C@H](N)c3ccc(O)c(c3)Oc3cc(O)cc5c3)c3ccc(O)c(c3)-c3c(O)cc(O)cc32)CC1. The van der Waals surface area contributed by atoms with Crippen molar-refractivity contribution in [2.45, 2.75) is 113 Å². The van der Waals surface area contributed by atoms with Gasteiger partial charge in [-0.05, 0) is 124 Å².